The normalized spacial score (nSPS) is 28.4. The van der Waals surface area contributed by atoms with Crippen LogP contribution in [0.4, 0.5) is 0 Å². The summed E-state index contributed by atoms with van der Waals surface area (Å²) in [4.78, 5) is 2.71. The second-order valence-electron chi connectivity index (χ2n) is 6.45. The second-order valence-corrected chi connectivity index (χ2v) is 6.45. The molecule has 2 aliphatic rings. The predicted molar refractivity (Wildman–Crippen MR) is 80.5 cm³/mol. The van der Waals surface area contributed by atoms with Crippen LogP contribution >= 0.6 is 0 Å². The number of nitrogens with one attached hydrogen (secondary N) is 1. The van der Waals surface area contributed by atoms with Crippen molar-refractivity contribution in [3.8, 4) is 0 Å². The molecule has 1 atom stereocenters. The van der Waals surface area contributed by atoms with E-state index in [1.165, 1.54) is 51.6 Å². The van der Waals surface area contributed by atoms with Crippen molar-refractivity contribution < 1.29 is 4.74 Å². The molecule has 0 radical (unpaired) electrons. The minimum absolute atomic E-state index is 0.527. The maximum absolute atomic E-state index is 5.65. The van der Waals surface area contributed by atoms with Gasteiger partial charge in [0, 0.05) is 25.7 Å². The molecule has 1 N–H and O–H groups in total. The van der Waals surface area contributed by atoms with E-state index in [1.54, 1.807) is 0 Å². The van der Waals surface area contributed by atoms with Gasteiger partial charge < -0.3 is 10.1 Å². The highest BCUT2D eigenvalue weighted by Crippen LogP contribution is 2.37. The minimum atomic E-state index is 0.527. The molecular weight excluding hydrogens is 236 g/mol. The van der Waals surface area contributed by atoms with Gasteiger partial charge in [0.1, 0.15) is 0 Å². The molecule has 1 aliphatic carbocycles. The molecule has 3 heteroatoms. The molecule has 0 aromatic heterocycles. The van der Waals surface area contributed by atoms with E-state index in [9.17, 15) is 0 Å². The summed E-state index contributed by atoms with van der Waals surface area (Å²) in [6.07, 6.45) is 8.33. The highest BCUT2D eigenvalue weighted by atomic mass is 16.5. The van der Waals surface area contributed by atoms with Gasteiger partial charge in [0.15, 0.2) is 0 Å². The first-order chi connectivity index (χ1) is 9.29. The van der Waals surface area contributed by atoms with Crippen molar-refractivity contribution in [2.45, 2.75) is 58.4 Å². The molecule has 0 bridgehead atoms. The Bertz CT molecular complexity index is 251. The van der Waals surface area contributed by atoms with Crippen LogP contribution in [0, 0.1) is 5.41 Å². The lowest BCUT2D eigenvalue weighted by Crippen LogP contribution is -2.52. The Morgan fingerprint density at radius 2 is 2.00 bits per heavy atom. The van der Waals surface area contributed by atoms with Crippen LogP contribution in [0.3, 0.4) is 0 Å². The molecule has 0 amide bonds. The molecule has 112 valence electrons. The van der Waals surface area contributed by atoms with Gasteiger partial charge in [-0.1, -0.05) is 33.1 Å². The van der Waals surface area contributed by atoms with Crippen LogP contribution in [0.1, 0.15) is 52.4 Å². The van der Waals surface area contributed by atoms with E-state index in [0.717, 1.165) is 26.3 Å². The van der Waals surface area contributed by atoms with Gasteiger partial charge in [-0.3, -0.25) is 4.90 Å². The predicted octanol–water partition coefficient (Wildman–Crippen LogP) is 2.66. The monoisotopic (exact) mass is 268 g/mol. The highest BCUT2D eigenvalue weighted by molar-refractivity contribution is 4.90. The molecule has 0 spiro atoms. The Hall–Kier alpha value is -0.120. The summed E-state index contributed by atoms with van der Waals surface area (Å²) in [5.74, 6) is 0. The zero-order valence-electron chi connectivity index (χ0n) is 12.9. The first-order valence-corrected chi connectivity index (χ1v) is 8.32. The number of rotatable bonds is 6. The molecule has 1 aliphatic heterocycles. The van der Waals surface area contributed by atoms with Crippen LogP contribution < -0.4 is 5.32 Å². The third-order valence-electron chi connectivity index (χ3n) is 5.02. The Labute approximate surface area is 119 Å². The molecule has 19 heavy (non-hydrogen) atoms. The Morgan fingerprint density at radius 3 is 2.68 bits per heavy atom. The van der Waals surface area contributed by atoms with Crippen LogP contribution in [0.15, 0.2) is 0 Å². The largest absolute Gasteiger partial charge is 0.378 e. The van der Waals surface area contributed by atoms with Crippen LogP contribution in [0.25, 0.3) is 0 Å². The number of morpholine rings is 1. The molecule has 0 aromatic carbocycles. The van der Waals surface area contributed by atoms with Crippen molar-refractivity contribution >= 4 is 0 Å². The average molecular weight is 268 g/mol. The van der Waals surface area contributed by atoms with E-state index in [2.05, 4.69) is 24.1 Å². The van der Waals surface area contributed by atoms with Crippen molar-refractivity contribution in [2.24, 2.45) is 5.41 Å². The number of hydrogen-bond donors (Lipinski definition) is 1. The smallest absolute Gasteiger partial charge is 0.0622 e. The fourth-order valence-electron chi connectivity index (χ4n) is 3.79. The van der Waals surface area contributed by atoms with Crippen LogP contribution in [0.2, 0.25) is 0 Å². The lowest BCUT2D eigenvalue weighted by atomic mass is 9.73. The van der Waals surface area contributed by atoms with Gasteiger partial charge >= 0.3 is 0 Å². The quantitative estimate of drug-likeness (QED) is 0.801. The molecule has 3 nitrogen and oxygen atoms in total. The summed E-state index contributed by atoms with van der Waals surface area (Å²) in [5.41, 5.74) is 0.527. The molecule has 0 aromatic rings. The molecule has 2 rings (SSSR count). The van der Waals surface area contributed by atoms with Crippen molar-refractivity contribution in [2.75, 3.05) is 39.4 Å². The second kappa shape index (κ2) is 7.61. The van der Waals surface area contributed by atoms with Gasteiger partial charge in [0.05, 0.1) is 13.2 Å². The SMILES string of the molecule is CCNCC1(CN2CCOCC2CC)CCCCC1. The van der Waals surface area contributed by atoms with Crippen LogP contribution in [-0.2, 0) is 4.74 Å². The summed E-state index contributed by atoms with van der Waals surface area (Å²) < 4.78 is 5.65. The van der Waals surface area contributed by atoms with E-state index >= 15 is 0 Å². The van der Waals surface area contributed by atoms with E-state index in [4.69, 9.17) is 4.74 Å². The Balaban J connectivity index is 1.97. The molecule has 1 saturated heterocycles. The van der Waals surface area contributed by atoms with E-state index < -0.39 is 0 Å². The Kier molecular flexibility index (Phi) is 6.11. The molecule has 1 unspecified atom stereocenters. The topological polar surface area (TPSA) is 24.5 Å². The fourth-order valence-corrected chi connectivity index (χ4v) is 3.79. The van der Waals surface area contributed by atoms with Gasteiger partial charge in [-0.05, 0) is 31.2 Å². The van der Waals surface area contributed by atoms with E-state index in [0.29, 0.717) is 11.5 Å². The lowest BCUT2D eigenvalue weighted by molar-refractivity contribution is -0.0341. The zero-order chi connectivity index (χ0) is 13.6. The third kappa shape index (κ3) is 4.17. The van der Waals surface area contributed by atoms with E-state index in [1.807, 2.05) is 0 Å². The number of nitrogens with zero attached hydrogens (tertiary/aromatic N) is 1. The van der Waals surface area contributed by atoms with Gasteiger partial charge in [0.2, 0.25) is 0 Å². The van der Waals surface area contributed by atoms with Gasteiger partial charge in [-0.15, -0.1) is 0 Å². The molecule has 1 saturated carbocycles. The minimum Gasteiger partial charge on any atom is -0.378 e. The van der Waals surface area contributed by atoms with Gasteiger partial charge in [0.25, 0.3) is 0 Å². The lowest BCUT2D eigenvalue weighted by Gasteiger charge is -2.45. The summed E-state index contributed by atoms with van der Waals surface area (Å²) in [6.45, 7) is 11.1. The van der Waals surface area contributed by atoms with Crippen LogP contribution in [0.5, 0.6) is 0 Å². The average Bonchev–Trinajstić information content (AvgIpc) is 2.47. The summed E-state index contributed by atoms with van der Waals surface area (Å²) in [5, 5.41) is 3.62. The Morgan fingerprint density at radius 1 is 1.21 bits per heavy atom. The first-order valence-electron chi connectivity index (χ1n) is 8.32. The standard InChI is InChI=1S/C16H32N2O/c1-3-15-12-19-11-10-18(15)14-16(13-17-4-2)8-6-5-7-9-16/h15,17H,3-14H2,1-2H3. The van der Waals surface area contributed by atoms with Crippen LogP contribution in [-0.4, -0.2) is 50.3 Å². The molecular formula is C16H32N2O. The van der Waals surface area contributed by atoms with Crippen molar-refractivity contribution in [3.05, 3.63) is 0 Å². The third-order valence-corrected chi connectivity index (χ3v) is 5.02. The first kappa shape index (κ1) is 15.3. The molecule has 2 fully saturated rings. The van der Waals surface area contributed by atoms with Crippen molar-refractivity contribution in [1.82, 2.24) is 10.2 Å². The van der Waals surface area contributed by atoms with Gasteiger partial charge in [-0.25, -0.2) is 0 Å². The zero-order valence-corrected chi connectivity index (χ0v) is 12.9. The summed E-state index contributed by atoms with van der Waals surface area (Å²) >= 11 is 0. The van der Waals surface area contributed by atoms with Crippen molar-refractivity contribution in [1.29, 1.82) is 0 Å². The van der Waals surface area contributed by atoms with Crippen molar-refractivity contribution in [3.63, 3.8) is 0 Å². The highest BCUT2D eigenvalue weighted by Gasteiger charge is 2.35. The maximum atomic E-state index is 5.65. The number of ether oxygens (including phenoxy) is 1. The molecule has 1 heterocycles. The summed E-state index contributed by atoms with van der Waals surface area (Å²) in [7, 11) is 0. The summed E-state index contributed by atoms with van der Waals surface area (Å²) in [6, 6.07) is 0.647. The van der Waals surface area contributed by atoms with Gasteiger partial charge in [-0.2, -0.15) is 0 Å². The fraction of sp³-hybridized carbons (Fsp3) is 1.00. The number of hydrogen-bond acceptors (Lipinski definition) is 3. The maximum Gasteiger partial charge on any atom is 0.0622 e. The van der Waals surface area contributed by atoms with E-state index in [-0.39, 0.29) is 0 Å².